The van der Waals surface area contributed by atoms with Crippen LogP contribution < -0.4 is 4.90 Å². The molecule has 1 saturated heterocycles. The summed E-state index contributed by atoms with van der Waals surface area (Å²) in [6.45, 7) is 2.07. The molecule has 0 radical (unpaired) electrons. The molecule has 22 heavy (non-hydrogen) atoms. The number of allylic oxidation sites excluding steroid dienone is 2. The van der Waals surface area contributed by atoms with Crippen LogP contribution in [0.4, 0.5) is 5.69 Å². The minimum absolute atomic E-state index is 0.0422. The first kappa shape index (κ1) is 12.6. The summed E-state index contributed by atoms with van der Waals surface area (Å²) < 4.78 is 0. The highest BCUT2D eigenvalue weighted by molar-refractivity contribution is 6.23. The van der Waals surface area contributed by atoms with Crippen LogP contribution in [0.25, 0.3) is 0 Å². The number of anilines is 1. The third kappa shape index (κ3) is 1.37. The van der Waals surface area contributed by atoms with E-state index in [0.29, 0.717) is 23.7 Å². The van der Waals surface area contributed by atoms with Gasteiger partial charge >= 0.3 is 0 Å². The lowest BCUT2D eigenvalue weighted by molar-refractivity contribution is -0.124. The fourth-order valence-corrected chi connectivity index (χ4v) is 5.22. The Morgan fingerprint density at radius 1 is 1.00 bits per heavy atom. The van der Waals surface area contributed by atoms with Gasteiger partial charge in [0.25, 0.3) is 0 Å². The fourth-order valence-electron chi connectivity index (χ4n) is 5.22. The molecule has 6 rings (SSSR count). The highest BCUT2D eigenvalue weighted by Crippen LogP contribution is 2.65. The molecular formula is C19H19NO2. The molecule has 3 heteroatoms. The maximum atomic E-state index is 13.0. The number of benzene rings is 1. The molecule has 2 saturated carbocycles. The Labute approximate surface area is 130 Å². The average molecular weight is 293 g/mol. The van der Waals surface area contributed by atoms with Gasteiger partial charge in [0.1, 0.15) is 0 Å². The molecule has 1 aromatic carbocycles. The number of hydrogen-bond acceptors (Lipinski definition) is 2. The first-order valence-corrected chi connectivity index (χ1v) is 8.36. The van der Waals surface area contributed by atoms with Gasteiger partial charge in [-0.15, -0.1) is 0 Å². The van der Waals surface area contributed by atoms with Crippen molar-refractivity contribution in [2.75, 3.05) is 4.90 Å². The molecule has 0 aromatic heterocycles. The van der Waals surface area contributed by atoms with Crippen LogP contribution in [0.5, 0.6) is 0 Å². The highest BCUT2D eigenvalue weighted by Gasteiger charge is 2.67. The van der Waals surface area contributed by atoms with Crippen molar-refractivity contribution in [1.29, 1.82) is 0 Å². The number of para-hydroxylation sites is 1. The van der Waals surface area contributed by atoms with Gasteiger partial charge in [-0.3, -0.25) is 9.59 Å². The lowest BCUT2D eigenvalue weighted by atomic mass is 9.63. The zero-order valence-electron chi connectivity index (χ0n) is 12.6. The van der Waals surface area contributed by atoms with Crippen LogP contribution in [0.1, 0.15) is 18.9 Å². The van der Waals surface area contributed by atoms with Crippen molar-refractivity contribution in [2.45, 2.75) is 19.8 Å². The van der Waals surface area contributed by atoms with E-state index in [9.17, 15) is 9.59 Å². The van der Waals surface area contributed by atoms with Crippen LogP contribution >= 0.6 is 0 Å². The van der Waals surface area contributed by atoms with Crippen LogP contribution in [0.15, 0.2) is 36.4 Å². The number of aryl methyl sites for hydroxylation is 1. The summed E-state index contributed by atoms with van der Waals surface area (Å²) in [6, 6.07) is 7.83. The van der Waals surface area contributed by atoms with Crippen molar-refractivity contribution in [3.63, 3.8) is 0 Å². The first-order valence-electron chi connectivity index (χ1n) is 8.36. The van der Waals surface area contributed by atoms with Crippen LogP contribution in [-0.4, -0.2) is 11.8 Å². The topological polar surface area (TPSA) is 37.4 Å². The number of carbonyl (C=O) groups excluding carboxylic acids is 2. The molecule has 4 aliphatic carbocycles. The predicted molar refractivity (Wildman–Crippen MR) is 83.0 cm³/mol. The SMILES string of the molecule is CCc1ccccc1N1C(=O)[C@@H]2[C@@H]3C=C[C@@H]([C@@H]4C[C@H]34)[C@@H]2C1=O. The summed E-state index contributed by atoms with van der Waals surface area (Å²) in [6.07, 6.45) is 6.49. The van der Waals surface area contributed by atoms with Crippen molar-refractivity contribution in [3.8, 4) is 0 Å². The summed E-state index contributed by atoms with van der Waals surface area (Å²) in [5, 5.41) is 0. The monoisotopic (exact) mass is 293 g/mol. The Bertz CT molecular complexity index is 686. The summed E-state index contributed by atoms with van der Waals surface area (Å²) in [7, 11) is 0. The van der Waals surface area contributed by atoms with Gasteiger partial charge in [0, 0.05) is 0 Å². The molecule has 3 fully saturated rings. The van der Waals surface area contributed by atoms with Crippen molar-refractivity contribution in [1.82, 2.24) is 0 Å². The molecular weight excluding hydrogens is 274 g/mol. The molecule has 1 aromatic rings. The number of nitrogens with zero attached hydrogens (tertiary/aromatic N) is 1. The smallest absolute Gasteiger partial charge is 0.238 e. The Balaban J connectivity index is 1.60. The number of hydrogen-bond donors (Lipinski definition) is 0. The summed E-state index contributed by atoms with van der Waals surface area (Å²) >= 11 is 0. The summed E-state index contributed by atoms with van der Waals surface area (Å²) in [5.74, 6) is 1.81. The van der Waals surface area contributed by atoms with E-state index in [1.807, 2.05) is 24.3 Å². The molecule has 2 bridgehead atoms. The first-order chi connectivity index (χ1) is 10.7. The van der Waals surface area contributed by atoms with E-state index in [1.165, 1.54) is 11.3 Å². The van der Waals surface area contributed by atoms with Crippen molar-refractivity contribution < 1.29 is 9.59 Å². The molecule has 3 nitrogen and oxygen atoms in total. The molecule has 1 aliphatic heterocycles. The maximum absolute atomic E-state index is 13.0. The van der Waals surface area contributed by atoms with E-state index in [2.05, 4.69) is 19.1 Å². The second-order valence-electron chi connectivity index (χ2n) is 7.15. The Kier molecular flexibility index (Phi) is 2.35. The van der Waals surface area contributed by atoms with Crippen LogP contribution in [0, 0.1) is 35.5 Å². The van der Waals surface area contributed by atoms with Crippen LogP contribution in [-0.2, 0) is 16.0 Å². The molecule has 1 heterocycles. The minimum atomic E-state index is -0.101. The molecule has 0 unspecified atom stereocenters. The van der Waals surface area contributed by atoms with Crippen molar-refractivity contribution >= 4 is 17.5 Å². The zero-order chi connectivity index (χ0) is 15.0. The van der Waals surface area contributed by atoms with Gasteiger partial charge in [0.15, 0.2) is 0 Å². The Morgan fingerprint density at radius 3 is 2.18 bits per heavy atom. The standard InChI is InChI=1S/C19H19NO2/c1-2-10-5-3-4-6-15(10)20-18(21)16-11-7-8-12(14-9-13(11)14)17(16)19(20)22/h3-8,11-14,16-17H,2,9H2,1H3/t11-,12+,13-,14+,16-,17+. The van der Waals surface area contributed by atoms with Crippen molar-refractivity contribution in [3.05, 3.63) is 42.0 Å². The van der Waals surface area contributed by atoms with Crippen LogP contribution in [0.2, 0.25) is 0 Å². The van der Waals surface area contributed by atoms with E-state index in [1.54, 1.807) is 0 Å². The molecule has 5 aliphatic rings. The third-order valence-corrected chi connectivity index (χ3v) is 6.28. The van der Waals surface area contributed by atoms with Crippen molar-refractivity contribution in [2.24, 2.45) is 35.5 Å². The largest absolute Gasteiger partial charge is 0.274 e. The van der Waals surface area contributed by atoms with E-state index < -0.39 is 0 Å². The van der Waals surface area contributed by atoms with Gasteiger partial charge in [-0.25, -0.2) is 4.90 Å². The minimum Gasteiger partial charge on any atom is -0.274 e. The van der Waals surface area contributed by atoms with E-state index >= 15 is 0 Å². The third-order valence-electron chi connectivity index (χ3n) is 6.28. The zero-order valence-corrected chi connectivity index (χ0v) is 12.6. The van der Waals surface area contributed by atoms with Gasteiger partial charge in [0.05, 0.1) is 17.5 Å². The summed E-state index contributed by atoms with van der Waals surface area (Å²) in [4.78, 5) is 27.6. The lowest BCUT2D eigenvalue weighted by Gasteiger charge is -2.37. The molecule has 112 valence electrons. The van der Waals surface area contributed by atoms with Gasteiger partial charge in [-0.1, -0.05) is 37.3 Å². The van der Waals surface area contributed by atoms with Crippen LogP contribution in [0.3, 0.4) is 0 Å². The van der Waals surface area contributed by atoms with E-state index in [4.69, 9.17) is 0 Å². The summed E-state index contributed by atoms with van der Waals surface area (Å²) in [5.41, 5.74) is 1.88. The quantitative estimate of drug-likeness (QED) is 0.621. The van der Waals surface area contributed by atoms with Gasteiger partial charge in [-0.05, 0) is 48.1 Å². The van der Waals surface area contributed by atoms with Gasteiger partial charge in [0.2, 0.25) is 11.8 Å². The molecule has 2 amide bonds. The number of rotatable bonds is 2. The lowest BCUT2D eigenvalue weighted by Crippen LogP contribution is -2.40. The molecule has 0 N–H and O–H groups in total. The normalized spacial score (nSPS) is 40.9. The highest BCUT2D eigenvalue weighted by atomic mass is 16.2. The van der Waals surface area contributed by atoms with E-state index in [-0.39, 0.29) is 23.7 Å². The maximum Gasteiger partial charge on any atom is 0.238 e. The van der Waals surface area contributed by atoms with Gasteiger partial charge < -0.3 is 0 Å². The van der Waals surface area contributed by atoms with Gasteiger partial charge in [-0.2, -0.15) is 0 Å². The van der Waals surface area contributed by atoms with E-state index in [0.717, 1.165) is 17.7 Å². The Hall–Kier alpha value is -1.90. The molecule has 0 spiro atoms. The molecule has 6 atom stereocenters. The predicted octanol–water partition coefficient (Wildman–Crippen LogP) is 2.81. The second kappa shape index (κ2) is 4.09. The number of imide groups is 1. The number of amides is 2. The second-order valence-corrected chi connectivity index (χ2v) is 7.15. The number of carbonyl (C=O) groups is 2. The fraction of sp³-hybridized carbons (Fsp3) is 0.474. The average Bonchev–Trinajstić information content (AvgIpc) is 3.32. The Morgan fingerprint density at radius 2 is 1.59 bits per heavy atom.